The van der Waals surface area contributed by atoms with Crippen LogP contribution in [0.4, 0.5) is 4.39 Å². The quantitative estimate of drug-likeness (QED) is 0.543. The summed E-state index contributed by atoms with van der Waals surface area (Å²) in [4.78, 5) is 21.4. The van der Waals surface area contributed by atoms with E-state index in [1.807, 2.05) is 0 Å². The molecule has 0 saturated carbocycles. The van der Waals surface area contributed by atoms with Crippen LogP contribution in [-0.2, 0) is 0 Å². The standard InChI is InChI=1S/C9H6ClFO2/c1-5(13)8-6(4-12)2-3-7(10)9(8)11/h2-4H,1H3. The molecule has 0 aliphatic heterocycles. The number of Topliss-reactive ketones (excluding diaryl/α,β-unsaturated/α-hetero) is 1. The lowest BCUT2D eigenvalue weighted by atomic mass is 10.0. The van der Waals surface area contributed by atoms with Gasteiger partial charge < -0.3 is 0 Å². The normalized spacial score (nSPS) is 9.77. The van der Waals surface area contributed by atoms with E-state index in [0.29, 0.717) is 6.29 Å². The minimum atomic E-state index is -0.834. The Morgan fingerprint density at radius 3 is 2.62 bits per heavy atom. The van der Waals surface area contributed by atoms with Gasteiger partial charge in [-0.3, -0.25) is 9.59 Å². The van der Waals surface area contributed by atoms with Crippen LogP contribution in [-0.4, -0.2) is 12.1 Å². The molecule has 0 saturated heterocycles. The van der Waals surface area contributed by atoms with Crippen molar-refractivity contribution < 1.29 is 14.0 Å². The third kappa shape index (κ3) is 1.75. The van der Waals surface area contributed by atoms with Crippen LogP contribution in [0.2, 0.25) is 5.02 Å². The minimum Gasteiger partial charge on any atom is -0.298 e. The zero-order valence-corrected chi connectivity index (χ0v) is 7.56. The summed E-state index contributed by atoms with van der Waals surface area (Å²) in [6.45, 7) is 1.18. The fourth-order valence-corrected chi connectivity index (χ4v) is 1.18. The molecular weight excluding hydrogens is 195 g/mol. The Morgan fingerprint density at radius 2 is 2.15 bits per heavy atom. The molecule has 0 aliphatic carbocycles. The maximum absolute atomic E-state index is 13.2. The number of carbonyl (C=O) groups is 2. The molecule has 0 fully saturated rings. The second kappa shape index (κ2) is 3.66. The van der Waals surface area contributed by atoms with E-state index in [0.717, 1.165) is 0 Å². The third-order valence-corrected chi connectivity index (χ3v) is 1.90. The third-order valence-electron chi connectivity index (χ3n) is 1.61. The summed E-state index contributed by atoms with van der Waals surface area (Å²) in [7, 11) is 0. The monoisotopic (exact) mass is 200 g/mol. The van der Waals surface area contributed by atoms with Gasteiger partial charge >= 0.3 is 0 Å². The molecule has 0 aliphatic rings. The number of hydrogen-bond donors (Lipinski definition) is 0. The summed E-state index contributed by atoms with van der Waals surface area (Å²) in [5.74, 6) is -1.35. The fraction of sp³-hybridized carbons (Fsp3) is 0.111. The molecule has 13 heavy (non-hydrogen) atoms. The van der Waals surface area contributed by atoms with E-state index in [1.165, 1.54) is 19.1 Å². The van der Waals surface area contributed by atoms with Gasteiger partial charge in [-0.25, -0.2) is 4.39 Å². The maximum atomic E-state index is 13.2. The summed E-state index contributed by atoms with van der Waals surface area (Å²) in [6.07, 6.45) is 0.427. The molecule has 68 valence electrons. The molecule has 4 heteroatoms. The molecule has 0 amide bonds. The van der Waals surface area contributed by atoms with Crippen LogP contribution < -0.4 is 0 Å². The lowest BCUT2D eigenvalue weighted by molar-refractivity contribution is 0.100. The van der Waals surface area contributed by atoms with Gasteiger partial charge in [-0.05, 0) is 19.1 Å². The highest BCUT2D eigenvalue weighted by atomic mass is 35.5. The Kier molecular flexibility index (Phi) is 2.78. The van der Waals surface area contributed by atoms with Gasteiger partial charge in [0.25, 0.3) is 0 Å². The molecule has 2 nitrogen and oxygen atoms in total. The maximum Gasteiger partial charge on any atom is 0.163 e. The minimum absolute atomic E-state index is 0.0226. The first-order chi connectivity index (χ1) is 6.07. The van der Waals surface area contributed by atoms with Crippen LogP contribution in [0, 0.1) is 5.82 Å². The Hall–Kier alpha value is -1.22. The van der Waals surface area contributed by atoms with E-state index < -0.39 is 11.6 Å². The Morgan fingerprint density at radius 1 is 1.54 bits per heavy atom. The van der Waals surface area contributed by atoms with Crippen LogP contribution in [0.3, 0.4) is 0 Å². The van der Waals surface area contributed by atoms with Crippen molar-refractivity contribution in [1.82, 2.24) is 0 Å². The Bertz CT molecular complexity index is 374. The van der Waals surface area contributed by atoms with E-state index in [1.54, 1.807) is 0 Å². The second-order valence-corrected chi connectivity index (χ2v) is 2.91. The van der Waals surface area contributed by atoms with Crippen molar-refractivity contribution in [1.29, 1.82) is 0 Å². The first kappa shape index (κ1) is 9.86. The molecule has 0 atom stereocenters. The Balaban J connectivity index is 3.50. The van der Waals surface area contributed by atoms with E-state index >= 15 is 0 Å². The number of hydrogen-bond acceptors (Lipinski definition) is 2. The highest BCUT2D eigenvalue weighted by Gasteiger charge is 2.15. The zero-order chi connectivity index (χ0) is 10.0. The van der Waals surface area contributed by atoms with Crippen molar-refractivity contribution in [3.8, 4) is 0 Å². The van der Waals surface area contributed by atoms with Gasteiger partial charge in [0.2, 0.25) is 0 Å². The van der Waals surface area contributed by atoms with E-state index in [9.17, 15) is 14.0 Å². The van der Waals surface area contributed by atoms with Gasteiger partial charge in [-0.2, -0.15) is 0 Å². The van der Waals surface area contributed by atoms with Crippen LogP contribution in [0.1, 0.15) is 27.6 Å². The molecular formula is C9H6ClFO2. The SMILES string of the molecule is CC(=O)c1c(C=O)ccc(Cl)c1F. The van der Waals surface area contributed by atoms with Gasteiger partial charge in [0.05, 0.1) is 10.6 Å². The zero-order valence-electron chi connectivity index (χ0n) is 6.80. The molecule has 1 rings (SSSR count). The van der Waals surface area contributed by atoms with Crippen molar-refractivity contribution in [2.45, 2.75) is 6.92 Å². The second-order valence-electron chi connectivity index (χ2n) is 2.50. The average Bonchev–Trinajstić information content (AvgIpc) is 2.08. The van der Waals surface area contributed by atoms with Crippen LogP contribution >= 0.6 is 11.6 Å². The molecule has 1 aromatic rings. The molecule has 0 N–H and O–H groups in total. The van der Waals surface area contributed by atoms with Crippen LogP contribution in [0.25, 0.3) is 0 Å². The van der Waals surface area contributed by atoms with E-state index in [4.69, 9.17) is 11.6 Å². The first-order valence-electron chi connectivity index (χ1n) is 3.52. The van der Waals surface area contributed by atoms with E-state index in [2.05, 4.69) is 0 Å². The number of rotatable bonds is 2. The summed E-state index contributed by atoms with van der Waals surface area (Å²) in [5.41, 5.74) is -0.225. The molecule has 0 heterocycles. The van der Waals surface area contributed by atoms with Crippen molar-refractivity contribution in [2.24, 2.45) is 0 Å². The predicted octanol–water partition coefficient (Wildman–Crippen LogP) is 2.49. The highest BCUT2D eigenvalue weighted by molar-refractivity contribution is 6.31. The van der Waals surface area contributed by atoms with Crippen molar-refractivity contribution in [3.63, 3.8) is 0 Å². The summed E-state index contributed by atoms with van der Waals surface area (Å²) < 4.78 is 13.2. The number of halogens is 2. The van der Waals surface area contributed by atoms with Crippen molar-refractivity contribution in [2.75, 3.05) is 0 Å². The van der Waals surface area contributed by atoms with Gasteiger partial charge in [-0.1, -0.05) is 11.6 Å². The molecule has 0 spiro atoms. The van der Waals surface area contributed by atoms with Crippen molar-refractivity contribution in [3.05, 3.63) is 34.1 Å². The van der Waals surface area contributed by atoms with Crippen molar-refractivity contribution >= 4 is 23.7 Å². The van der Waals surface area contributed by atoms with Gasteiger partial charge in [0.15, 0.2) is 17.9 Å². The van der Waals surface area contributed by atoms with E-state index in [-0.39, 0.29) is 16.1 Å². The smallest absolute Gasteiger partial charge is 0.163 e. The molecule has 0 aromatic heterocycles. The lowest BCUT2D eigenvalue weighted by Crippen LogP contribution is -2.03. The van der Waals surface area contributed by atoms with Crippen LogP contribution in [0.15, 0.2) is 12.1 Å². The number of benzene rings is 1. The van der Waals surface area contributed by atoms with Gasteiger partial charge in [0, 0.05) is 5.56 Å². The summed E-state index contributed by atoms with van der Waals surface area (Å²) in [6, 6.07) is 2.56. The number of ketones is 1. The molecule has 0 bridgehead atoms. The van der Waals surface area contributed by atoms with Crippen LogP contribution in [0.5, 0.6) is 0 Å². The predicted molar refractivity (Wildman–Crippen MR) is 46.8 cm³/mol. The highest BCUT2D eigenvalue weighted by Crippen LogP contribution is 2.21. The lowest BCUT2D eigenvalue weighted by Gasteiger charge is -2.02. The van der Waals surface area contributed by atoms with Gasteiger partial charge in [-0.15, -0.1) is 0 Å². The topological polar surface area (TPSA) is 34.1 Å². The number of carbonyl (C=O) groups excluding carboxylic acids is 2. The molecule has 0 unspecified atom stereocenters. The largest absolute Gasteiger partial charge is 0.298 e. The molecule has 0 radical (unpaired) electrons. The summed E-state index contributed by atoms with van der Waals surface area (Å²) in [5, 5.41) is -0.157. The Labute approximate surface area is 79.3 Å². The van der Waals surface area contributed by atoms with Gasteiger partial charge in [0.1, 0.15) is 0 Å². The molecule has 1 aromatic carbocycles. The number of aldehydes is 1. The average molecular weight is 201 g/mol. The fourth-order valence-electron chi connectivity index (χ4n) is 1.02. The first-order valence-corrected chi connectivity index (χ1v) is 3.90. The summed E-state index contributed by atoms with van der Waals surface area (Å²) >= 11 is 5.44.